The number of aryl methyl sites for hydroxylation is 1. The minimum Gasteiger partial charge on any atom is -0.397 e. The standard InChI is InChI=1S/C7H8N2O/c1-5-7(8)3-2-6(4-10)9-5/h2-4H,8H2,1H3. The Morgan fingerprint density at radius 1 is 1.60 bits per heavy atom. The van der Waals surface area contributed by atoms with Gasteiger partial charge in [0, 0.05) is 0 Å². The summed E-state index contributed by atoms with van der Waals surface area (Å²) in [4.78, 5) is 14.1. The molecule has 2 N–H and O–H groups in total. The second kappa shape index (κ2) is 2.47. The summed E-state index contributed by atoms with van der Waals surface area (Å²) in [6.07, 6.45) is 0.701. The van der Waals surface area contributed by atoms with Crippen LogP contribution < -0.4 is 5.73 Å². The predicted molar refractivity (Wildman–Crippen MR) is 38.8 cm³/mol. The van der Waals surface area contributed by atoms with E-state index in [1.807, 2.05) is 0 Å². The van der Waals surface area contributed by atoms with Crippen LogP contribution in [0.1, 0.15) is 16.2 Å². The number of pyridine rings is 1. The van der Waals surface area contributed by atoms with Crippen LogP contribution in [0.4, 0.5) is 5.69 Å². The fraction of sp³-hybridized carbons (Fsp3) is 0.143. The van der Waals surface area contributed by atoms with E-state index in [2.05, 4.69) is 4.98 Å². The van der Waals surface area contributed by atoms with E-state index in [4.69, 9.17) is 5.73 Å². The van der Waals surface area contributed by atoms with Crippen LogP contribution in [-0.2, 0) is 0 Å². The second-order valence-corrected chi connectivity index (χ2v) is 2.03. The molecule has 1 aromatic heterocycles. The van der Waals surface area contributed by atoms with Gasteiger partial charge in [-0.1, -0.05) is 0 Å². The first-order valence-corrected chi connectivity index (χ1v) is 2.92. The lowest BCUT2D eigenvalue weighted by Crippen LogP contribution is -1.95. The fourth-order valence-corrected chi connectivity index (χ4v) is 0.657. The molecule has 0 amide bonds. The van der Waals surface area contributed by atoms with E-state index in [-0.39, 0.29) is 0 Å². The maximum absolute atomic E-state index is 10.2. The molecule has 0 aliphatic carbocycles. The minimum atomic E-state index is 0.423. The smallest absolute Gasteiger partial charge is 0.168 e. The highest BCUT2D eigenvalue weighted by atomic mass is 16.1. The summed E-state index contributed by atoms with van der Waals surface area (Å²) < 4.78 is 0. The molecule has 1 aromatic rings. The molecule has 0 bridgehead atoms. The highest BCUT2D eigenvalue weighted by molar-refractivity contribution is 5.72. The van der Waals surface area contributed by atoms with Gasteiger partial charge < -0.3 is 5.73 Å². The van der Waals surface area contributed by atoms with Crippen molar-refractivity contribution in [3.8, 4) is 0 Å². The van der Waals surface area contributed by atoms with Crippen molar-refractivity contribution >= 4 is 12.0 Å². The maximum atomic E-state index is 10.2. The van der Waals surface area contributed by atoms with E-state index < -0.39 is 0 Å². The Kier molecular flexibility index (Phi) is 1.67. The van der Waals surface area contributed by atoms with Crippen molar-refractivity contribution < 1.29 is 4.79 Å². The molecule has 10 heavy (non-hydrogen) atoms. The van der Waals surface area contributed by atoms with Crippen molar-refractivity contribution in [3.05, 3.63) is 23.5 Å². The number of aldehydes is 1. The number of aromatic nitrogens is 1. The van der Waals surface area contributed by atoms with Gasteiger partial charge in [-0.05, 0) is 19.1 Å². The summed E-state index contributed by atoms with van der Waals surface area (Å²) in [5.41, 5.74) is 7.20. The van der Waals surface area contributed by atoms with Crippen molar-refractivity contribution in [2.75, 3.05) is 5.73 Å². The van der Waals surface area contributed by atoms with Gasteiger partial charge in [-0.15, -0.1) is 0 Å². The molecule has 0 unspecified atom stereocenters. The van der Waals surface area contributed by atoms with Gasteiger partial charge in [0.05, 0.1) is 11.4 Å². The van der Waals surface area contributed by atoms with Crippen LogP contribution in [0.25, 0.3) is 0 Å². The van der Waals surface area contributed by atoms with Gasteiger partial charge in [-0.2, -0.15) is 0 Å². The molecule has 0 radical (unpaired) electrons. The van der Waals surface area contributed by atoms with Gasteiger partial charge in [0.2, 0.25) is 0 Å². The van der Waals surface area contributed by atoms with Crippen molar-refractivity contribution in [3.63, 3.8) is 0 Å². The molecular weight excluding hydrogens is 128 g/mol. The molecular formula is C7H8N2O. The maximum Gasteiger partial charge on any atom is 0.168 e. The van der Waals surface area contributed by atoms with Crippen molar-refractivity contribution in [1.29, 1.82) is 0 Å². The zero-order valence-corrected chi connectivity index (χ0v) is 5.66. The second-order valence-electron chi connectivity index (χ2n) is 2.03. The van der Waals surface area contributed by atoms with Crippen LogP contribution in [0.3, 0.4) is 0 Å². The average Bonchev–Trinajstić information content (AvgIpc) is 1.95. The lowest BCUT2D eigenvalue weighted by atomic mass is 10.3. The van der Waals surface area contributed by atoms with Crippen LogP contribution in [0.15, 0.2) is 12.1 Å². The van der Waals surface area contributed by atoms with Crippen LogP contribution in [0.2, 0.25) is 0 Å². The molecule has 1 rings (SSSR count). The lowest BCUT2D eigenvalue weighted by molar-refractivity contribution is 0.111. The Hall–Kier alpha value is -1.38. The molecule has 0 spiro atoms. The summed E-state index contributed by atoms with van der Waals surface area (Å²) in [6, 6.07) is 3.27. The third kappa shape index (κ3) is 1.13. The van der Waals surface area contributed by atoms with E-state index in [0.717, 1.165) is 0 Å². The van der Waals surface area contributed by atoms with Gasteiger partial charge in [-0.25, -0.2) is 4.98 Å². The molecule has 52 valence electrons. The highest BCUT2D eigenvalue weighted by Crippen LogP contribution is 2.05. The van der Waals surface area contributed by atoms with Gasteiger partial charge in [-0.3, -0.25) is 4.79 Å². The number of nitrogen functional groups attached to an aromatic ring is 1. The lowest BCUT2D eigenvalue weighted by Gasteiger charge is -1.96. The molecule has 0 aliphatic heterocycles. The van der Waals surface area contributed by atoms with Gasteiger partial charge in [0.15, 0.2) is 6.29 Å². The van der Waals surface area contributed by atoms with Crippen LogP contribution >= 0.6 is 0 Å². The number of hydrogen-bond acceptors (Lipinski definition) is 3. The number of carbonyl (C=O) groups is 1. The Morgan fingerprint density at radius 2 is 2.30 bits per heavy atom. The molecule has 0 atom stereocenters. The Balaban J connectivity index is 3.16. The third-order valence-corrected chi connectivity index (χ3v) is 1.27. The number of anilines is 1. The number of rotatable bonds is 1. The van der Waals surface area contributed by atoms with E-state index in [1.54, 1.807) is 19.1 Å². The molecule has 1 heterocycles. The molecule has 0 aromatic carbocycles. The predicted octanol–water partition coefficient (Wildman–Crippen LogP) is 0.785. The van der Waals surface area contributed by atoms with E-state index in [0.29, 0.717) is 23.4 Å². The van der Waals surface area contributed by atoms with Gasteiger partial charge in [0.1, 0.15) is 5.69 Å². The largest absolute Gasteiger partial charge is 0.397 e. The summed E-state index contributed by atoms with van der Waals surface area (Å²) in [5.74, 6) is 0. The SMILES string of the molecule is Cc1nc(C=O)ccc1N. The van der Waals surface area contributed by atoms with Crippen molar-refractivity contribution in [1.82, 2.24) is 4.98 Å². The van der Waals surface area contributed by atoms with Gasteiger partial charge >= 0.3 is 0 Å². The zero-order chi connectivity index (χ0) is 7.56. The summed E-state index contributed by atoms with van der Waals surface area (Å²) in [7, 11) is 0. The first kappa shape index (κ1) is 6.74. The molecule has 0 aliphatic rings. The fourth-order valence-electron chi connectivity index (χ4n) is 0.657. The Morgan fingerprint density at radius 3 is 2.80 bits per heavy atom. The van der Waals surface area contributed by atoms with Crippen molar-refractivity contribution in [2.24, 2.45) is 0 Å². The number of nitrogens with two attached hydrogens (primary N) is 1. The molecule has 3 nitrogen and oxygen atoms in total. The first-order valence-electron chi connectivity index (χ1n) is 2.92. The quantitative estimate of drug-likeness (QED) is 0.580. The first-order chi connectivity index (χ1) is 4.74. The molecule has 3 heteroatoms. The Bertz CT molecular complexity index is 258. The molecule has 0 saturated carbocycles. The van der Waals surface area contributed by atoms with Crippen molar-refractivity contribution in [2.45, 2.75) is 6.92 Å². The molecule has 0 saturated heterocycles. The number of hydrogen-bond donors (Lipinski definition) is 1. The van der Waals surface area contributed by atoms with Gasteiger partial charge in [0.25, 0.3) is 0 Å². The number of nitrogens with zero attached hydrogens (tertiary/aromatic N) is 1. The topological polar surface area (TPSA) is 56.0 Å². The van der Waals surface area contributed by atoms with Crippen LogP contribution in [0.5, 0.6) is 0 Å². The molecule has 0 fully saturated rings. The minimum absolute atomic E-state index is 0.423. The number of carbonyl (C=O) groups excluding carboxylic acids is 1. The Labute approximate surface area is 58.9 Å². The third-order valence-electron chi connectivity index (χ3n) is 1.27. The average molecular weight is 136 g/mol. The van der Waals surface area contributed by atoms with E-state index >= 15 is 0 Å². The highest BCUT2D eigenvalue weighted by Gasteiger charge is 1.94. The van der Waals surface area contributed by atoms with E-state index in [1.165, 1.54) is 0 Å². The zero-order valence-electron chi connectivity index (χ0n) is 5.66. The van der Waals surface area contributed by atoms with Crippen LogP contribution in [0, 0.1) is 6.92 Å². The monoisotopic (exact) mass is 136 g/mol. The summed E-state index contributed by atoms with van der Waals surface area (Å²) >= 11 is 0. The normalized spacial score (nSPS) is 9.30. The summed E-state index contributed by atoms with van der Waals surface area (Å²) in [5, 5.41) is 0. The van der Waals surface area contributed by atoms with Crippen LogP contribution in [-0.4, -0.2) is 11.3 Å². The summed E-state index contributed by atoms with van der Waals surface area (Å²) in [6.45, 7) is 1.77. The van der Waals surface area contributed by atoms with E-state index in [9.17, 15) is 4.79 Å².